The van der Waals surface area contributed by atoms with E-state index in [4.69, 9.17) is 11.0 Å². The van der Waals surface area contributed by atoms with Gasteiger partial charge >= 0.3 is 0 Å². The quantitative estimate of drug-likeness (QED) is 0.866. The molecule has 0 spiro atoms. The van der Waals surface area contributed by atoms with Gasteiger partial charge in [-0.3, -0.25) is 0 Å². The van der Waals surface area contributed by atoms with Crippen molar-refractivity contribution in [2.24, 2.45) is 0 Å². The molecule has 0 fully saturated rings. The van der Waals surface area contributed by atoms with Gasteiger partial charge < -0.3 is 5.73 Å². The fourth-order valence-corrected chi connectivity index (χ4v) is 1.52. The number of nitrogens with two attached hydrogens (primary N) is 1. The minimum atomic E-state index is 0.242. The van der Waals surface area contributed by atoms with Gasteiger partial charge in [0, 0.05) is 5.56 Å². The van der Waals surface area contributed by atoms with Gasteiger partial charge in [-0.25, -0.2) is 9.97 Å². The van der Waals surface area contributed by atoms with E-state index in [1.165, 1.54) is 0 Å². The van der Waals surface area contributed by atoms with Crippen molar-refractivity contribution in [2.45, 2.75) is 0 Å². The fourth-order valence-electron chi connectivity index (χ4n) is 1.25. The highest BCUT2D eigenvalue weighted by Crippen LogP contribution is 2.24. The molecule has 1 aromatic carbocycles. The smallest absolute Gasteiger partial charge is 0.163 e. The van der Waals surface area contributed by atoms with E-state index in [0.717, 1.165) is 5.56 Å². The minimum absolute atomic E-state index is 0.242. The van der Waals surface area contributed by atoms with Crippen molar-refractivity contribution in [2.75, 3.05) is 5.73 Å². The van der Waals surface area contributed by atoms with E-state index in [0.29, 0.717) is 10.3 Å². The third-order valence-corrected chi connectivity index (χ3v) is 2.80. The summed E-state index contributed by atoms with van der Waals surface area (Å²) >= 11 is 3.17. The Hall–Kier alpha value is -1.93. The summed E-state index contributed by atoms with van der Waals surface area (Å²) in [6.45, 7) is 0. The Morgan fingerprint density at radius 3 is 2.50 bits per heavy atom. The molecule has 16 heavy (non-hydrogen) atoms. The summed E-state index contributed by atoms with van der Waals surface area (Å²) in [4.78, 5) is 8.24. The van der Waals surface area contributed by atoms with Crippen molar-refractivity contribution in [3.63, 3.8) is 0 Å². The maximum absolute atomic E-state index is 8.89. The lowest BCUT2D eigenvalue weighted by atomic mass is 10.2. The molecule has 2 N–H and O–H groups in total. The molecule has 1 heterocycles. The van der Waals surface area contributed by atoms with E-state index in [1.807, 2.05) is 36.4 Å². The van der Waals surface area contributed by atoms with Gasteiger partial charge in [0.15, 0.2) is 11.5 Å². The first-order chi connectivity index (χ1) is 7.72. The molecule has 0 radical (unpaired) electrons. The van der Waals surface area contributed by atoms with Gasteiger partial charge in [-0.05, 0) is 15.9 Å². The van der Waals surface area contributed by atoms with Crippen molar-refractivity contribution in [3.05, 3.63) is 40.5 Å². The molecule has 0 unspecified atom stereocenters. The Bertz CT molecular complexity index is 560. The Labute approximate surface area is 101 Å². The predicted octanol–water partition coefficient (Wildman–Crippen LogP) is 2.36. The number of benzene rings is 1. The molecule has 0 aliphatic heterocycles. The summed E-state index contributed by atoms with van der Waals surface area (Å²) in [5.41, 5.74) is 6.76. The molecule has 0 bridgehead atoms. The van der Waals surface area contributed by atoms with Gasteiger partial charge in [0.2, 0.25) is 0 Å². The van der Waals surface area contributed by atoms with Crippen LogP contribution in [0.15, 0.2) is 34.8 Å². The van der Waals surface area contributed by atoms with Crippen molar-refractivity contribution in [3.8, 4) is 17.5 Å². The molecule has 0 aliphatic rings. The number of aromatic nitrogens is 2. The van der Waals surface area contributed by atoms with E-state index in [1.54, 1.807) is 0 Å². The molecule has 0 aliphatic carbocycles. The van der Waals surface area contributed by atoms with Crippen LogP contribution in [0.1, 0.15) is 5.69 Å². The number of hydrogen-bond acceptors (Lipinski definition) is 4. The van der Waals surface area contributed by atoms with Crippen LogP contribution in [0.2, 0.25) is 0 Å². The Morgan fingerprint density at radius 1 is 1.19 bits per heavy atom. The fraction of sp³-hybridized carbons (Fsp3) is 0. The van der Waals surface area contributed by atoms with Crippen LogP contribution >= 0.6 is 15.9 Å². The van der Waals surface area contributed by atoms with E-state index >= 15 is 0 Å². The van der Waals surface area contributed by atoms with E-state index in [2.05, 4.69) is 25.9 Å². The van der Waals surface area contributed by atoms with Crippen LogP contribution in [0, 0.1) is 11.3 Å². The molecule has 0 atom stereocenters. The van der Waals surface area contributed by atoms with E-state index < -0.39 is 0 Å². The zero-order valence-electron chi connectivity index (χ0n) is 8.18. The average molecular weight is 275 g/mol. The van der Waals surface area contributed by atoms with Crippen LogP contribution in [0.5, 0.6) is 0 Å². The van der Waals surface area contributed by atoms with Gasteiger partial charge in [-0.2, -0.15) is 5.26 Å². The molecular weight excluding hydrogens is 268 g/mol. The number of rotatable bonds is 1. The highest BCUT2D eigenvalue weighted by Gasteiger charge is 2.10. The zero-order chi connectivity index (χ0) is 11.5. The van der Waals surface area contributed by atoms with Crippen LogP contribution in [-0.2, 0) is 0 Å². The SMILES string of the molecule is N#Cc1nc(-c2ccccc2)nc(N)c1Br. The van der Waals surface area contributed by atoms with Gasteiger partial charge in [-0.1, -0.05) is 30.3 Å². The molecule has 2 aromatic rings. The topological polar surface area (TPSA) is 75.6 Å². The normalized spacial score (nSPS) is 9.75. The van der Waals surface area contributed by atoms with Crippen LogP contribution in [-0.4, -0.2) is 9.97 Å². The molecule has 2 rings (SSSR count). The van der Waals surface area contributed by atoms with E-state index in [9.17, 15) is 0 Å². The van der Waals surface area contributed by atoms with Crippen molar-refractivity contribution >= 4 is 21.7 Å². The van der Waals surface area contributed by atoms with Gasteiger partial charge in [0.05, 0.1) is 4.47 Å². The highest BCUT2D eigenvalue weighted by atomic mass is 79.9. The number of halogens is 1. The van der Waals surface area contributed by atoms with Crippen LogP contribution in [0.4, 0.5) is 5.82 Å². The van der Waals surface area contributed by atoms with Gasteiger partial charge in [-0.15, -0.1) is 0 Å². The number of hydrogen-bond donors (Lipinski definition) is 1. The summed E-state index contributed by atoms with van der Waals surface area (Å²) in [5.74, 6) is 0.725. The molecule has 5 heteroatoms. The van der Waals surface area contributed by atoms with Gasteiger partial charge in [0.1, 0.15) is 11.9 Å². The average Bonchev–Trinajstić information content (AvgIpc) is 2.33. The second-order valence-corrected chi connectivity index (χ2v) is 3.87. The van der Waals surface area contributed by atoms with Gasteiger partial charge in [0.25, 0.3) is 0 Å². The predicted molar refractivity (Wildman–Crippen MR) is 64.3 cm³/mol. The van der Waals surface area contributed by atoms with Crippen LogP contribution in [0.25, 0.3) is 11.4 Å². The number of nitrogen functional groups attached to an aromatic ring is 1. The highest BCUT2D eigenvalue weighted by molar-refractivity contribution is 9.10. The first-order valence-electron chi connectivity index (χ1n) is 4.51. The largest absolute Gasteiger partial charge is 0.383 e. The molecule has 0 amide bonds. The Morgan fingerprint density at radius 2 is 1.88 bits per heavy atom. The Balaban J connectivity index is 2.61. The molecule has 0 saturated heterocycles. The lowest BCUT2D eigenvalue weighted by molar-refractivity contribution is 1.14. The maximum Gasteiger partial charge on any atom is 0.163 e. The summed E-state index contributed by atoms with van der Waals surface area (Å²) in [6.07, 6.45) is 0. The van der Waals surface area contributed by atoms with Crippen LogP contribution in [0.3, 0.4) is 0 Å². The van der Waals surface area contributed by atoms with Crippen molar-refractivity contribution < 1.29 is 0 Å². The number of nitrogens with zero attached hydrogens (tertiary/aromatic N) is 3. The molecular formula is C11H7BrN4. The first-order valence-corrected chi connectivity index (χ1v) is 5.30. The van der Waals surface area contributed by atoms with Crippen molar-refractivity contribution in [1.82, 2.24) is 9.97 Å². The zero-order valence-corrected chi connectivity index (χ0v) is 9.77. The summed E-state index contributed by atoms with van der Waals surface area (Å²) in [7, 11) is 0. The monoisotopic (exact) mass is 274 g/mol. The molecule has 0 saturated carbocycles. The maximum atomic E-state index is 8.89. The third kappa shape index (κ3) is 1.88. The second kappa shape index (κ2) is 4.29. The van der Waals surface area contributed by atoms with Crippen LogP contribution < -0.4 is 5.73 Å². The number of anilines is 1. The minimum Gasteiger partial charge on any atom is -0.383 e. The van der Waals surface area contributed by atoms with Crippen molar-refractivity contribution in [1.29, 1.82) is 5.26 Å². The lowest BCUT2D eigenvalue weighted by Gasteiger charge is -2.04. The molecule has 4 nitrogen and oxygen atoms in total. The summed E-state index contributed by atoms with van der Waals surface area (Å²) in [5, 5.41) is 8.89. The molecule has 78 valence electrons. The second-order valence-electron chi connectivity index (χ2n) is 3.07. The number of nitriles is 1. The standard InChI is InChI=1S/C11H7BrN4/c12-9-8(6-13)15-11(16-10(9)14)7-4-2-1-3-5-7/h1-5H,(H2,14,15,16). The Kier molecular flexibility index (Phi) is 2.84. The molecule has 1 aromatic heterocycles. The third-order valence-electron chi connectivity index (χ3n) is 2.01. The first kappa shape index (κ1) is 10.6. The summed E-state index contributed by atoms with van der Waals surface area (Å²) < 4.78 is 0.440. The summed E-state index contributed by atoms with van der Waals surface area (Å²) in [6, 6.07) is 11.4. The lowest BCUT2D eigenvalue weighted by Crippen LogP contribution is -2.00. The van der Waals surface area contributed by atoms with E-state index in [-0.39, 0.29) is 11.5 Å².